The van der Waals surface area contributed by atoms with Crippen LogP contribution in [0.5, 0.6) is 0 Å². The van der Waals surface area contributed by atoms with Crippen molar-refractivity contribution >= 4 is 86.7 Å². The Morgan fingerprint density at radius 2 is 0.833 bits per heavy atom. The number of para-hydroxylation sites is 1. The lowest BCUT2D eigenvalue weighted by atomic mass is 9.96. The Balaban J connectivity index is 1.31. The van der Waals surface area contributed by atoms with Crippen molar-refractivity contribution in [3.63, 3.8) is 0 Å². The molecular weight excluding hydrogens is 581 g/mol. The van der Waals surface area contributed by atoms with Crippen LogP contribution in [0.2, 0.25) is 0 Å². The van der Waals surface area contributed by atoms with E-state index >= 15 is 0 Å². The van der Waals surface area contributed by atoms with Gasteiger partial charge in [-0.05, 0) is 68.7 Å². The van der Waals surface area contributed by atoms with Crippen molar-refractivity contribution in [2.24, 2.45) is 0 Å². The zero-order chi connectivity index (χ0) is 31.3. The Kier molecular flexibility index (Phi) is 5.14. The highest BCUT2D eigenvalue weighted by Crippen LogP contribution is 2.45. The molecule has 2 heterocycles. The molecule has 0 aliphatic rings. The molecule has 0 amide bonds. The molecule has 0 N–H and O–H groups in total. The van der Waals surface area contributed by atoms with Gasteiger partial charge in [0.25, 0.3) is 0 Å². The van der Waals surface area contributed by atoms with Crippen molar-refractivity contribution in [2.75, 3.05) is 0 Å². The molecule has 48 heavy (non-hydrogen) atoms. The predicted molar refractivity (Wildman–Crippen MR) is 205 cm³/mol. The van der Waals surface area contributed by atoms with Gasteiger partial charge in [-0.25, -0.2) is 0 Å². The van der Waals surface area contributed by atoms with Gasteiger partial charge in [-0.1, -0.05) is 133 Å². The number of hydrogen-bond donors (Lipinski definition) is 0. The average Bonchev–Trinajstić information content (AvgIpc) is 3.68. The second kappa shape index (κ2) is 9.57. The average molecular weight is 609 g/mol. The monoisotopic (exact) mass is 608 g/mol. The van der Waals surface area contributed by atoms with E-state index in [9.17, 15) is 0 Å². The van der Waals surface area contributed by atoms with Gasteiger partial charge < -0.3 is 9.13 Å². The van der Waals surface area contributed by atoms with Gasteiger partial charge in [-0.15, -0.1) is 0 Å². The standard InChI is InChI=1S/C46H28N2/c1-2-13-31-27-32(23-21-29(31)11-1)47-42-20-10-9-17-37(42)41-28-33(24-26-43(41)47)48-45-34-14-4-3-12-30(34)22-25-40(45)44-38-18-7-5-15-35(38)36-16-6-8-19-39(36)46(44)48/h1-28H. The Labute approximate surface area is 276 Å². The van der Waals surface area contributed by atoms with E-state index < -0.39 is 0 Å². The van der Waals surface area contributed by atoms with Crippen molar-refractivity contribution in [1.29, 1.82) is 0 Å². The molecule has 222 valence electrons. The van der Waals surface area contributed by atoms with Crippen LogP contribution in [0.15, 0.2) is 170 Å². The van der Waals surface area contributed by atoms with Gasteiger partial charge in [-0.2, -0.15) is 0 Å². The fourth-order valence-corrected chi connectivity index (χ4v) is 8.39. The zero-order valence-corrected chi connectivity index (χ0v) is 26.1. The molecule has 2 aromatic heterocycles. The van der Waals surface area contributed by atoms with Crippen LogP contribution in [0.4, 0.5) is 0 Å². The summed E-state index contributed by atoms with van der Waals surface area (Å²) in [4.78, 5) is 0. The summed E-state index contributed by atoms with van der Waals surface area (Å²) in [7, 11) is 0. The van der Waals surface area contributed by atoms with Gasteiger partial charge in [0.1, 0.15) is 0 Å². The first-order chi connectivity index (χ1) is 23.8. The van der Waals surface area contributed by atoms with Crippen molar-refractivity contribution in [3.05, 3.63) is 170 Å². The van der Waals surface area contributed by atoms with Gasteiger partial charge in [0.05, 0.1) is 22.1 Å². The third kappa shape index (κ3) is 3.41. The van der Waals surface area contributed by atoms with E-state index in [-0.39, 0.29) is 0 Å². The van der Waals surface area contributed by atoms with Crippen LogP contribution < -0.4 is 0 Å². The van der Waals surface area contributed by atoms with E-state index in [1.54, 1.807) is 0 Å². The third-order valence-electron chi connectivity index (χ3n) is 10.4. The van der Waals surface area contributed by atoms with Crippen LogP contribution in [0.3, 0.4) is 0 Å². The van der Waals surface area contributed by atoms with Crippen LogP contribution >= 0.6 is 0 Å². The van der Waals surface area contributed by atoms with E-state index in [0.717, 1.165) is 0 Å². The van der Waals surface area contributed by atoms with E-state index in [1.807, 2.05) is 0 Å². The Morgan fingerprint density at radius 1 is 0.271 bits per heavy atom. The minimum atomic E-state index is 1.17. The summed E-state index contributed by atoms with van der Waals surface area (Å²) in [5.74, 6) is 0. The molecule has 0 fully saturated rings. The summed E-state index contributed by atoms with van der Waals surface area (Å²) in [6, 6.07) is 62.5. The second-order valence-corrected chi connectivity index (χ2v) is 12.9. The molecule has 0 spiro atoms. The lowest BCUT2D eigenvalue weighted by Crippen LogP contribution is -1.97. The van der Waals surface area contributed by atoms with Gasteiger partial charge in [-0.3, -0.25) is 0 Å². The Bertz CT molecular complexity index is 3120. The van der Waals surface area contributed by atoms with E-state index in [0.29, 0.717) is 0 Å². The van der Waals surface area contributed by atoms with Crippen LogP contribution in [-0.2, 0) is 0 Å². The molecule has 0 bridgehead atoms. The summed E-state index contributed by atoms with van der Waals surface area (Å²) in [6.07, 6.45) is 0. The summed E-state index contributed by atoms with van der Waals surface area (Å²) >= 11 is 0. The first kappa shape index (κ1) is 25.8. The Hall–Kier alpha value is -6.38. The van der Waals surface area contributed by atoms with Crippen LogP contribution in [0.1, 0.15) is 0 Å². The first-order valence-electron chi connectivity index (χ1n) is 16.6. The maximum Gasteiger partial charge on any atom is 0.0626 e. The molecular formula is C46H28N2. The quantitative estimate of drug-likeness (QED) is 0.173. The van der Waals surface area contributed by atoms with Crippen LogP contribution in [-0.4, -0.2) is 9.13 Å². The number of benzene rings is 9. The normalized spacial score (nSPS) is 12.2. The lowest BCUT2D eigenvalue weighted by molar-refractivity contribution is 1.17. The molecule has 2 heteroatoms. The van der Waals surface area contributed by atoms with E-state index in [2.05, 4.69) is 179 Å². The maximum atomic E-state index is 2.54. The van der Waals surface area contributed by atoms with Crippen molar-refractivity contribution in [1.82, 2.24) is 9.13 Å². The van der Waals surface area contributed by atoms with Gasteiger partial charge in [0.15, 0.2) is 0 Å². The van der Waals surface area contributed by atoms with Gasteiger partial charge in [0.2, 0.25) is 0 Å². The zero-order valence-electron chi connectivity index (χ0n) is 26.1. The molecule has 0 saturated heterocycles. The van der Waals surface area contributed by atoms with Crippen molar-refractivity contribution in [3.8, 4) is 11.4 Å². The molecule has 0 saturated carbocycles. The van der Waals surface area contributed by atoms with Crippen LogP contribution in [0.25, 0.3) is 98.1 Å². The van der Waals surface area contributed by atoms with Gasteiger partial charge >= 0.3 is 0 Å². The number of rotatable bonds is 2. The number of nitrogens with zero attached hydrogens (tertiary/aromatic N) is 2. The lowest BCUT2D eigenvalue weighted by Gasteiger charge is -2.14. The largest absolute Gasteiger partial charge is 0.309 e. The minimum absolute atomic E-state index is 1.17. The molecule has 0 aliphatic heterocycles. The van der Waals surface area contributed by atoms with Crippen molar-refractivity contribution < 1.29 is 0 Å². The molecule has 11 rings (SSSR count). The molecule has 0 unspecified atom stereocenters. The molecule has 0 atom stereocenters. The second-order valence-electron chi connectivity index (χ2n) is 12.9. The maximum absolute atomic E-state index is 2.54. The molecule has 0 aliphatic carbocycles. The predicted octanol–water partition coefficient (Wildman–Crippen LogP) is 12.5. The fourth-order valence-electron chi connectivity index (χ4n) is 8.39. The third-order valence-corrected chi connectivity index (χ3v) is 10.4. The van der Waals surface area contributed by atoms with Crippen LogP contribution in [0, 0.1) is 0 Å². The smallest absolute Gasteiger partial charge is 0.0626 e. The number of fused-ring (bicyclic) bond motifs is 14. The fraction of sp³-hybridized carbons (Fsp3) is 0. The molecule has 11 aromatic rings. The highest BCUT2D eigenvalue weighted by molar-refractivity contribution is 6.34. The SMILES string of the molecule is c1ccc2cc(-n3c4ccccc4c4cc(-n5c6c7ccccc7ccc6c6c7ccccc7c7ccccc7c65)ccc43)ccc2c1. The number of aromatic nitrogens is 2. The Morgan fingerprint density at radius 3 is 1.67 bits per heavy atom. The summed E-state index contributed by atoms with van der Waals surface area (Å²) < 4.78 is 4.97. The van der Waals surface area contributed by atoms with Gasteiger partial charge in [0, 0.05) is 43.7 Å². The highest BCUT2D eigenvalue weighted by Gasteiger charge is 2.21. The minimum Gasteiger partial charge on any atom is -0.309 e. The topological polar surface area (TPSA) is 9.86 Å². The molecule has 9 aromatic carbocycles. The molecule has 0 radical (unpaired) electrons. The van der Waals surface area contributed by atoms with E-state index in [1.165, 1.54) is 98.1 Å². The first-order valence-corrected chi connectivity index (χ1v) is 16.6. The molecule has 2 nitrogen and oxygen atoms in total. The highest BCUT2D eigenvalue weighted by atomic mass is 15.0. The van der Waals surface area contributed by atoms with Crippen molar-refractivity contribution in [2.45, 2.75) is 0 Å². The summed E-state index contributed by atoms with van der Waals surface area (Å²) in [6.45, 7) is 0. The number of hydrogen-bond acceptors (Lipinski definition) is 0. The summed E-state index contributed by atoms with van der Waals surface area (Å²) in [5.41, 5.74) is 7.27. The van der Waals surface area contributed by atoms with E-state index in [4.69, 9.17) is 0 Å². The summed E-state index contributed by atoms with van der Waals surface area (Å²) in [5, 5.41) is 15.2.